The van der Waals surface area contributed by atoms with Crippen LogP contribution in [0.15, 0.2) is 18.2 Å². The van der Waals surface area contributed by atoms with Crippen molar-refractivity contribution in [2.45, 2.75) is 32.7 Å². The molecule has 1 unspecified atom stereocenters. The van der Waals surface area contributed by atoms with Crippen LogP contribution in [0.4, 0.5) is 13.2 Å². The van der Waals surface area contributed by atoms with E-state index in [2.05, 4.69) is 5.32 Å². The van der Waals surface area contributed by atoms with E-state index in [1.54, 1.807) is 12.1 Å². The molecule has 0 aliphatic rings. The molecule has 1 aromatic rings. The van der Waals surface area contributed by atoms with Crippen molar-refractivity contribution in [1.82, 2.24) is 5.32 Å². The van der Waals surface area contributed by atoms with E-state index in [0.717, 1.165) is 5.56 Å². The third kappa shape index (κ3) is 5.61. The topological polar surface area (TPSA) is 21.3 Å². The van der Waals surface area contributed by atoms with Crippen LogP contribution in [0.5, 0.6) is 0 Å². The summed E-state index contributed by atoms with van der Waals surface area (Å²) in [5, 5.41) is 3.15. The van der Waals surface area contributed by atoms with Gasteiger partial charge in [0.2, 0.25) is 0 Å². The summed E-state index contributed by atoms with van der Waals surface area (Å²) >= 11 is 0. The van der Waals surface area contributed by atoms with Gasteiger partial charge in [0, 0.05) is 18.2 Å². The van der Waals surface area contributed by atoms with E-state index >= 15 is 0 Å². The first kappa shape index (κ1) is 16.0. The number of halogens is 3. The zero-order valence-electron chi connectivity index (χ0n) is 11.3. The van der Waals surface area contributed by atoms with Gasteiger partial charge in [0.05, 0.1) is 0 Å². The maximum absolute atomic E-state index is 13.8. The Morgan fingerprint density at radius 1 is 1.32 bits per heavy atom. The Labute approximate surface area is 112 Å². The molecule has 0 spiro atoms. The molecule has 0 saturated heterocycles. The van der Waals surface area contributed by atoms with Crippen LogP contribution in [-0.2, 0) is 4.74 Å². The van der Waals surface area contributed by atoms with Crippen molar-refractivity contribution in [2.75, 3.05) is 19.8 Å². The Hall–Kier alpha value is -1.07. The first-order valence-corrected chi connectivity index (χ1v) is 6.40. The standard InChI is InChI=1S/C14H20F3NO/c1-3-18-13(6-7-19-9-14(16)17)11-8-10(2)4-5-12(11)15/h4-5,8,13-14,18H,3,6-7,9H2,1-2H3. The minimum atomic E-state index is -2.46. The molecule has 0 saturated carbocycles. The van der Waals surface area contributed by atoms with Crippen LogP contribution in [0.1, 0.15) is 30.5 Å². The number of benzene rings is 1. The van der Waals surface area contributed by atoms with Gasteiger partial charge in [-0.2, -0.15) is 0 Å². The van der Waals surface area contributed by atoms with Crippen molar-refractivity contribution in [3.63, 3.8) is 0 Å². The zero-order valence-corrected chi connectivity index (χ0v) is 11.3. The Balaban J connectivity index is 2.63. The molecule has 0 aliphatic carbocycles. The Kier molecular flexibility index (Phi) is 6.87. The summed E-state index contributed by atoms with van der Waals surface area (Å²) in [6.45, 7) is 4.08. The average Bonchev–Trinajstić information content (AvgIpc) is 2.36. The number of rotatable bonds is 8. The summed E-state index contributed by atoms with van der Waals surface area (Å²) in [5.41, 5.74) is 1.52. The predicted molar refractivity (Wildman–Crippen MR) is 69.0 cm³/mol. The highest BCUT2D eigenvalue weighted by Crippen LogP contribution is 2.21. The van der Waals surface area contributed by atoms with E-state index in [1.165, 1.54) is 6.07 Å². The van der Waals surface area contributed by atoms with Crippen molar-refractivity contribution in [3.05, 3.63) is 35.1 Å². The number of nitrogens with one attached hydrogen (secondary N) is 1. The fourth-order valence-corrected chi connectivity index (χ4v) is 1.92. The van der Waals surface area contributed by atoms with Gasteiger partial charge in [-0.15, -0.1) is 0 Å². The monoisotopic (exact) mass is 275 g/mol. The van der Waals surface area contributed by atoms with E-state index in [0.29, 0.717) is 18.5 Å². The Bertz CT molecular complexity index is 385. The normalized spacial score (nSPS) is 12.9. The molecule has 0 bridgehead atoms. The molecule has 5 heteroatoms. The minimum absolute atomic E-state index is 0.176. The van der Waals surface area contributed by atoms with Crippen molar-refractivity contribution in [3.8, 4) is 0 Å². The van der Waals surface area contributed by atoms with E-state index in [9.17, 15) is 13.2 Å². The van der Waals surface area contributed by atoms with Gasteiger partial charge in [0.25, 0.3) is 6.43 Å². The van der Waals surface area contributed by atoms with Gasteiger partial charge in [0.15, 0.2) is 0 Å². The zero-order chi connectivity index (χ0) is 14.3. The molecule has 1 atom stereocenters. The molecular formula is C14H20F3NO. The van der Waals surface area contributed by atoms with Gasteiger partial charge in [-0.3, -0.25) is 0 Å². The lowest BCUT2D eigenvalue weighted by Gasteiger charge is -2.19. The largest absolute Gasteiger partial charge is 0.375 e. The van der Waals surface area contributed by atoms with Gasteiger partial charge < -0.3 is 10.1 Å². The molecule has 108 valence electrons. The van der Waals surface area contributed by atoms with Gasteiger partial charge in [-0.1, -0.05) is 24.6 Å². The van der Waals surface area contributed by atoms with E-state index in [1.807, 2.05) is 13.8 Å². The Morgan fingerprint density at radius 3 is 2.68 bits per heavy atom. The Morgan fingerprint density at radius 2 is 2.05 bits per heavy atom. The highest BCUT2D eigenvalue weighted by molar-refractivity contribution is 5.26. The first-order chi connectivity index (χ1) is 9.04. The van der Waals surface area contributed by atoms with Gasteiger partial charge in [-0.25, -0.2) is 13.2 Å². The molecule has 0 heterocycles. The van der Waals surface area contributed by atoms with E-state index < -0.39 is 13.0 Å². The maximum Gasteiger partial charge on any atom is 0.261 e. The van der Waals surface area contributed by atoms with Gasteiger partial charge >= 0.3 is 0 Å². The van der Waals surface area contributed by atoms with Gasteiger partial charge in [-0.05, 0) is 26.0 Å². The summed E-state index contributed by atoms with van der Waals surface area (Å²) in [7, 11) is 0. The number of alkyl halides is 2. The number of aryl methyl sites for hydroxylation is 1. The van der Waals surface area contributed by atoms with Gasteiger partial charge in [0.1, 0.15) is 12.4 Å². The van der Waals surface area contributed by atoms with E-state index in [-0.39, 0.29) is 18.5 Å². The average molecular weight is 275 g/mol. The fourth-order valence-electron chi connectivity index (χ4n) is 1.92. The molecule has 0 radical (unpaired) electrons. The first-order valence-electron chi connectivity index (χ1n) is 6.40. The summed E-state index contributed by atoms with van der Waals surface area (Å²) in [5.74, 6) is -0.287. The summed E-state index contributed by atoms with van der Waals surface area (Å²) in [4.78, 5) is 0. The lowest BCUT2D eigenvalue weighted by Crippen LogP contribution is -2.24. The third-order valence-corrected chi connectivity index (χ3v) is 2.77. The molecule has 1 N–H and O–H groups in total. The number of ether oxygens (including phenoxy) is 1. The van der Waals surface area contributed by atoms with Crippen LogP contribution in [0.25, 0.3) is 0 Å². The molecule has 1 rings (SSSR count). The van der Waals surface area contributed by atoms with Crippen molar-refractivity contribution >= 4 is 0 Å². The lowest BCUT2D eigenvalue weighted by atomic mass is 10.0. The van der Waals surface area contributed by atoms with Crippen LogP contribution in [0, 0.1) is 12.7 Å². The predicted octanol–water partition coefficient (Wildman–Crippen LogP) is 3.46. The van der Waals surface area contributed by atoms with Crippen LogP contribution < -0.4 is 5.32 Å². The second-order valence-corrected chi connectivity index (χ2v) is 4.39. The fraction of sp³-hybridized carbons (Fsp3) is 0.571. The summed E-state index contributed by atoms with van der Waals surface area (Å²) in [6, 6.07) is 4.68. The number of hydrogen-bond acceptors (Lipinski definition) is 2. The minimum Gasteiger partial charge on any atom is -0.375 e. The SMILES string of the molecule is CCNC(CCOCC(F)F)c1cc(C)ccc1F. The smallest absolute Gasteiger partial charge is 0.261 e. The highest BCUT2D eigenvalue weighted by atomic mass is 19.3. The van der Waals surface area contributed by atoms with Crippen molar-refractivity contribution in [2.24, 2.45) is 0 Å². The summed E-state index contributed by atoms with van der Waals surface area (Å²) in [6.07, 6.45) is -2.01. The number of hydrogen-bond donors (Lipinski definition) is 1. The summed E-state index contributed by atoms with van der Waals surface area (Å²) < 4.78 is 42.5. The third-order valence-electron chi connectivity index (χ3n) is 2.77. The highest BCUT2D eigenvalue weighted by Gasteiger charge is 2.15. The molecule has 0 amide bonds. The van der Waals surface area contributed by atoms with Crippen LogP contribution in [0.2, 0.25) is 0 Å². The quantitative estimate of drug-likeness (QED) is 0.734. The lowest BCUT2D eigenvalue weighted by molar-refractivity contribution is 0.0143. The van der Waals surface area contributed by atoms with Crippen LogP contribution in [0.3, 0.4) is 0 Å². The molecule has 0 aromatic heterocycles. The van der Waals surface area contributed by atoms with Crippen molar-refractivity contribution in [1.29, 1.82) is 0 Å². The molecule has 0 aliphatic heterocycles. The van der Waals surface area contributed by atoms with Crippen LogP contribution in [-0.4, -0.2) is 26.2 Å². The second kappa shape index (κ2) is 8.17. The second-order valence-electron chi connectivity index (χ2n) is 4.39. The van der Waals surface area contributed by atoms with Crippen molar-refractivity contribution < 1.29 is 17.9 Å². The molecular weight excluding hydrogens is 255 g/mol. The molecule has 2 nitrogen and oxygen atoms in total. The maximum atomic E-state index is 13.8. The van der Waals surface area contributed by atoms with Crippen LogP contribution >= 0.6 is 0 Å². The molecule has 1 aromatic carbocycles. The van der Waals surface area contributed by atoms with E-state index in [4.69, 9.17) is 4.74 Å². The molecule has 0 fully saturated rings. The molecule has 19 heavy (non-hydrogen) atoms.